The fraction of sp³-hybridized carbons (Fsp3) is 0.182. The molecule has 2 rings (SSSR count). The molecule has 7 heteroatoms. The highest BCUT2D eigenvalue weighted by atomic mass is 35.5. The minimum Gasteiger partial charge on any atom is -0.465 e. The Hall–Kier alpha value is -1.66. The molecule has 0 aliphatic rings. The minimum absolute atomic E-state index is 0.118. The van der Waals surface area contributed by atoms with Gasteiger partial charge in [-0.1, -0.05) is 22.9 Å². The minimum atomic E-state index is -0.502. The van der Waals surface area contributed by atoms with Gasteiger partial charge in [-0.15, -0.1) is 0 Å². The van der Waals surface area contributed by atoms with Crippen molar-refractivity contribution < 1.29 is 9.53 Å². The number of carbonyl (C=O) groups excluding carboxylic acids is 1. The highest BCUT2D eigenvalue weighted by Crippen LogP contribution is 2.14. The van der Waals surface area contributed by atoms with Crippen LogP contribution in [0.25, 0.3) is 0 Å². The van der Waals surface area contributed by atoms with Gasteiger partial charge in [-0.2, -0.15) is 0 Å². The molecule has 94 valence electrons. The first-order valence-electron chi connectivity index (χ1n) is 4.99. The fourth-order valence-electron chi connectivity index (χ4n) is 1.46. The first-order valence-corrected chi connectivity index (χ1v) is 6.25. The maximum atomic E-state index is 11.6. The summed E-state index contributed by atoms with van der Waals surface area (Å²) < 4.78 is 6.11. The van der Waals surface area contributed by atoms with E-state index in [1.807, 2.05) is 0 Å². The standard InChI is InChI=1S/C11H9ClN2O3S/c1-17-10(15)7-2-3-9(12)13-8(7)6-14-4-5-18-11(14)16/h2-5H,6H2,1H3. The zero-order valence-electron chi connectivity index (χ0n) is 9.42. The third-order valence-electron chi connectivity index (χ3n) is 2.31. The summed E-state index contributed by atoms with van der Waals surface area (Å²) in [6.45, 7) is 0.188. The van der Waals surface area contributed by atoms with Crippen LogP contribution in [0.3, 0.4) is 0 Å². The molecule has 0 aromatic carbocycles. The van der Waals surface area contributed by atoms with Crippen LogP contribution in [-0.4, -0.2) is 22.6 Å². The number of thiazole rings is 1. The summed E-state index contributed by atoms with van der Waals surface area (Å²) in [7, 11) is 1.29. The van der Waals surface area contributed by atoms with Crippen LogP contribution in [-0.2, 0) is 11.3 Å². The van der Waals surface area contributed by atoms with E-state index >= 15 is 0 Å². The van der Waals surface area contributed by atoms with Gasteiger partial charge in [-0.25, -0.2) is 9.78 Å². The van der Waals surface area contributed by atoms with Crippen molar-refractivity contribution in [3.63, 3.8) is 0 Å². The highest BCUT2D eigenvalue weighted by molar-refractivity contribution is 7.07. The van der Waals surface area contributed by atoms with Gasteiger partial charge in [-0.05, 0) is 12.1 Å². The highest BCUT2D eigenvalue weighted by Gasteiger charge is 2.14. The average Bonchev–Trinajstić information content (AvgIpc) is 2.74. The van der Waals surface area contributed by atoms with Gasteiger partial charge in [0.15, 0.2) is 0 Å². The van der Waals surface area contributed by atoms with E-state index in [1.165, 1.54) is 23.8 Å². The van der Waals surface area contributed by atoms with Gasteiger partial charge in [-0.3, -0.25) is 9.36 Å². The molecule has 0 N–H and O–H groups in total. The van der Waals surface area contributed by atoms with E-state index in [0.29, 0.717) is 11.3 Å². The Morgan fingerprint density at radius 1 is 1.56 bits per heavy atom. The third kappa shape index (κ3) is 2.60. The van der Waals surface area contributed by atoms with Gasteiger partial charge in [0.05, 0.1) is 24.9 Å². The van der Waals surface area contributed by atoms with Crippen LogP contribution in [0, 0.1) is 0 Å². The van der Waals surface area contributed by atoms with Crippen LogP contribution >= 0.6 is 22.9 Å². The zero-order chi connectivity index (χ0) is 13.1. The van der Waals surface area contributed by atoms with E-state index in [-0.39, 0.29) is 16.6 Å². The Bertz CT molecular complexity index is 635. The lowest BCUT2D eigenvalue weighted by Crippen LogP contribution is -2.17. The molecule has 0 saturated heterocycles. The maximum Gasteiger partial charge on any atom is 0.339 e. The number of hydrogen-bond acceptors (Lipinski definition) is 5. The second kappa shape index (κ2) is 5.32. The first-order chi connectivity index (χ1) is 8.61. The molecule has 0 saturated carbocycles. The lowest BCUT2D eigenvalue weighted by Gasteiger charge is -2.07. The van der Waals surface area contributed by atoms with Gasteiger partial charge < -0.3 is 4.74 Å². The Morgan fingerprint density at radius 3 is 2.94 bits per heavy atom. The lowest BCUT2D eigenvalue weighted by molar-refractivity contribution is 0.0598. The smallest absolute Gasteiger partial charge is 0.339 e. The molecule has 0 bridgehead atoms. The van der Waals surface area contributed by atoms with E-state index in [1.54, 1.807) is 11.6 Å². The van der Waals surface area contributed by atoms with Crippen LogP contribution < -0.4 is 4.87 Å². The molecule has 0 aliphatic heterocycles. The summed E-state index contributed by atoms with van der Waals surface area (Å²) in [5.41, 5.74) is 0.717. The monoisotopic (exact) mass is 284 g/mol. The number of pyridine rings is 1. The van der Waals surface area contributed by atoms with Crippen molar-refractivity contribution in [2.45, 2.75) is 6.54 Å². The summed E-state index contributed by atoms with van der Waals surface area (Å²) in [6, 6.07) is 3.04. The molecule has 2 aromatic rings. The Morgan fingerprint density at radius 2 is 2.33 bits per heavy atom. The van der Waals surface area contributed by atoms with Gasteiger partial charge >= 0.3 is 10.8 Å². The number of rotatable bonds is 3. The number of esters is 1. The van der Waals surface area contributed by atoms with Crippen LogP contribution in [0.15, 0.2) is 28.5 Å². The Labute approximate surface area is 112 Å². The Kier molecular flexibility index (Phi) is 3.78. The summed E-state index contributed by atoms with van der Waals surface area (Å²) in [4.78, 5) is 27.0. The molecule has 18 heavy (non-hydrogen) atoms. The van der Waals surface area contributed by atoms with Crippen LogP contribution in [0.2, 0.25) is 5.15 Å². The molecule has 0 unspecified atom stereocenters. The van der Waals surface area contributed by atoms with Gasteiger partial charge in [0, 0.05) is 11.6 Å². The van der Waals surface area contributed by atoms with Crippen LogP contribution in [0.5, 0.6) is 0 Å². The number of carbonyl (C=O) groups is 1. The Balaban J connectivity index is 2.42. The number of methoxy groups -OCH3 is 1. The predicted octanol–water partition coefficient (Wildman–Crippen LogP) is 1.79. The number of halogens is 1. The van der Waals surface area contributed by atoms with E-state index in [9.17, 15) is 9.59 Å². The van der Waals surface area contributed by atoms with Crippen molar-refractivity contribution in [2.75, 3.05) is 7.11 Å². The van der Waals surface area contributed by atoms with E-state index in [2.05, 4.69) is 9.72 Å². The summed E-state index contributed by atoms with van der Waals surface area (Å²) >= 11 is 6.87. The molecule has 0 fully saturated rings. The second-order valence-corrected chi connectivity index (χ2v) is 4.66. The summed E-state index contributed by atoms with van der Waals surface area (Å²) in [5.74, 6) is -0.502. The van der Waals surface area contributed by atoms with Crippen LogP contribution in [0.4, 0.5) is 0 Å². The van der Waals surface area contributed by atoms with Gasteiger partial charge in [0.1, 0.15) is 5.15 Å². The topological polar surface area (TPSA) is 61.2 Å². The van der Waals surface area contributed by atoms with E-state index in [4.69, 9.17) is 11.6 Å². The molecule has 2 heterocycles. The van der Waals surface area contributed by atoms with Crippen molar-refractivity contribution in [3.8, 4) is 0 Å². The van der Waals surface area contributed by atoms with Crippen molar-refractivity contribution in [1.29, 1.82) is 0 Å². The molecule has 0 aliphatic carbocycles. The van der Waals surface area contributed by atoms with Crippen molar-refractivity contribution in [3.05, 3.63) is 49.8 Å². The second-order valence-electron chi connectivity index (χ2n) is 3.42. The van der Waals surface area contributed by atoms with Crippen molar-refractivity contribution in [2.24, 2.45) is 0 Å². The average molecular weight is 285 g/mol. The first kappa shape index (κ1) is 12.8. The van der Waals surface area contributed by atoms with Gasteiger partial charge in [0.2, 0.25) is 0 Å². The number of aromatic nitrogens is 2. The number of ether oxygens (including phenoxy) is 1. The molecule has 0 radical (unpaired) electrons. The third-order valence-corrected chi connectivity index (χ3v) is 3.21. The zero-order valence-corrected chi connectivity index (χ0v) is 11.0. The maximum absolute atomic E-state index is 11.6. The summed E-state index contributed by atoms with van der Waals surface area (Å²) in [5, 5.41) is 1.94. The van der Waals surface area contributed by atoms with E-state index < -0.39 is 5.97 Å². The SMILES string of the molecule is COC(=O)c1ccc(Cl)nc1Cn1ccsc1=O. The fourth-order valence-corrected chi connectivity index (χ4v) is 2.21. The molecular formula is C11H9ClN2O3S. The lowest BCUT2D eigenvalue weighted by atomic mass is 10.2. The predicted molar refractivity (Wildman–Crippen MR) is 68.3 cm³/mol. The summed E-state index contributed by atoms with van der Waals surface area (Å²) in [6.07, 6.45) is 1.64. The quantitative estimate of drug-likeness (QED) is 0.637. The molecule has 0 spiro atoms. The molecule has 0 atom stereocenters. The molecule has 5 nitrogen and oxygen atoms in total. The van der Waals surface area contributed by atoms with Crippen molar-refractivity contribution >= 4 is 28.9 Å². The molecular weight excluding hydrogens is 276 g/mol. The van der Waals surface area contributed by atoms with Crippen molar-refractivity contribution in [1.82, 2.24) is 9.55 Å². The normalized spacial score (nSPS) is 10.3. The number of nitrogens with zero attached hydrogens (tertiary/aromatic N) is 2. The van der Waals surface area contributed by atoms with E-state index in [0.717, 1.165) is 11.3 Å². The largest absolute Gasteiger partial charge is 0.465 e. The van der Waals surface area contributed by atoms with Crippen LogP contribution in [0.1, 0.15) is 16.1 Å². The van der Waals surface area contributed by atoms with Gasteiger partial charge in [0.25, 0.3) is 0 Å². The molecule has 0 amide bonds. The molecule has 2 aromatic heterocycles. The number of hydrogen-bond donors (Lipinski definition) is 0.